The molecule has 1 N–H and O–H groups in total. The van der Waals surface area contributed by atoms with Crippen LogP contribution in [0.3, 0.4) is 0 Å². The second-order valence-electron chi connectivity index (χ2n) is 4.11. The normalized spacial score (nSPS) is 10.5. The zero-order valence-electron chi connectivity index (χ0n) is 10.9. The molecule has 7 heteroatoms. The monoisotopic (exact) mass is 296 g/mol. The van der Waals surface area contributed by atoms with Gasteiger partial charge in [0, 0.05) is 18.0 Å². The molecule has 0 spiro atoms. The number of ether oxygens (including phenoxy) is 1. The molecule has 0 radical (unpaired) electrons. The van der Waals surface area contributed by atoms with Crippen LogP contribution in [0.5, 0.6) is 5.75 Å². The highest BCUT2D eigenvalue weighted by Gasteiger charge is 2.15. The largest absolute Gasteiger partial charge is 0.433 e. The third-order valence-corrected chi connectivity index (χ3v) is 2.66. The predicted molar refractivity (Wildman–Crippen MR) is 70.0 cm³/mol. The Balaban J connectivity index is 2.28. The molecule has 0 saturated heterocycles. The lowest BCUT2D eigenvalue weighted by Gasteiger charge is -2.12. The molecule has 1 amide bonds. The summed E-state index contributed by atoms with van der Waals surface area (Å²) in [5.41, 5.74) is 0.538. The highest BCUT2D eigenvalue weighted by molar-refractivity contribution is 6.05. The van der Waals surface area contributed by atoms with Gasteiger partial charge in [-0.1, -0.05) is 0 Å². The molecule has 0 aliphatic heterocycles. The average molecular weight is 296 g/mol. The minimum atomic E-state index is -3.08. The maximum atomic E-state index is 13.2. The molecule has 0 unspecified atom stereocenters. The third kappa shape index (κ3) is 3.71. The van der Waals surface area contributed by atoms with E-state index in [-0.39, 0.29) is 17.0 Å². The van der Waals surface area contributed by atoms with Crippen molar-refractivity contribution in [3.05, 3.63) is 53.6 Å². The van der Waals surface area contributed by atoms with Crippen molar-refractivity contribution in [2.24, 2.45) is 0 Å². The average Bonchev–Trinajstić information content (AvgIpc) is 2.42. The van der Waals surface area contributed by atoms with Gasteiger partial charge in [-0.15, -0.1) is 0 Å². The van der Waals surface area contributed by atoms with E-state index in [2.05, 4.69) is 15.0 Å². The fourth-order valence-electron chi connectivity index (χ4n) is 1.71. The molecule has 0 bridgehead atoms. The molecule has 1 aromatic carbocycles. The van der Waals surface area contributed by atoms with Crippen LogP contribution in [0.1, 0.15) is 16.1 Å². The summed E-state index contributed by atoms with van der Waals surface area (Å²) >= 11 is 0. The number of carbonyl (C=O) groups excluding carboxylic acids is 1. The number of amides is 1. The van der Waals surface area contributed by atoms with E-state index in [0.717, 1.165) is 18.2 Å². The number of alkyl halides is 2. The fraction of sp³-hybridized carbons (Fsp3) is 0.143. The van der Waals surface area contributed by atoms with Crippen LogP contribution in [-0.4, -0.2) is 17.5 Å². The molecule has 0 fully saturated rings. The molecule has 0 atom stereocenters. The summed E-state index contributed by atoms with van der Waals surface area (Å²) in [5, 5.41) is 2.34. The van der Waals surface area contributed by atoms with Gasteiger partial charge in [-0.25, -0.2) is 4.39 Å². The number of halogens is 3. The van der Waals surface area contributed by atoms with E-state index < -0.39 is 18.3 Å². The number of rotatable bonds is 4. The topological polar surface area (TPSA) is 51.2 Å². The zero-order chi connectivity index (χ0) is 15.4. The molecular formula is C14H11F3N2O2. The van der Waals surface area contributed by atoms with Gasteiger partial charge >= 0.3 is 6.61 Å². The summed E-state index contributed by atoms with van der Waals surface area (Å²) in [6.07, 6.45) is 1.51. The van der Waals surface area contributed by atoms with Crippen molar-refractivity contribution in [3.8, 4) is 5.75 Å². The third-order valence-electron chi connectivity index (χ3n) is 2.66. The van der Waals surface area contributed by atoms with Crippen LogP contribution in [0, 0.1) is 12.7 Å². The van der Waals surface area contributed by atoms with E-state index in [1.807, 2.05) is 0 Å². The van der Waals surface area contributed by atoms with E-state index in [1.165, 1.54) is 12.3 Å². The summed E-state index contributed by atoms with van der Waals surface area (Å²) in [6.45, 7) is -1.46. The number of hydrogen-bond acceptors (Lipinski definition) is 3. The first-order valence-electron chi connectivity index (χ1n) is 5.94. The van der Waals surface area contributed by atoms with Crippen molar-refractivity contribution in [3.63, 3.8) is 0 Å². The number of nitrogens with zero attached hydrogens (tertiary/aromatic N) is 1. The van der Waals surface area contributed by atoms with Crippen LogP contribution in [0.4, 0.5) is 18.9 Å². The Morgan fingerprint density at radius 2 is 2.10 bits per heavy atom. The van der Waals surface area contributed by atoms with E-state index in [9.17, 15) is 18.0 Å². The van der Waals surface area contributed by atoms with Crippen molar-refractivity contribution in [1.29, 1.82) is 0 Å². The number of aryl methyl sites for hydroxylation is 1. The summed E-state index contributed by atoms with van der Waals surface area (Å²) < 4.78 is 42.0. The molecule has 1 heterocycles. The second kappa shape index (κ2) is 6.25. The predicted octanol–water partition coefficient (Wildman–Crippen LogP) is 3.38. The van der Waals surface area contributed by atoms with Gasteiger partial charge < -0.3 is 10.1 Å². The van der Waals surface area contributed by atoms with E-state index >= 15 is 0 Å². The Labute approximate surface area is 118 Å². The van der Waals surface area contributed by atoms with Crippen LogP contribution in [0.15, 0.2) is 36.5 Å². The Hall–Kier alpha value is -2.57. The maximum absolute atomic E-state index is 13.2. The van der Waals surface area contributed by atoms with Crippen molar-refractivity contribution in [2.45, 2.75) is 13.5 Å². The fourth-order valence-corrected chi connectivity index (χ4v) is 1.71. The van der Waals surface area contributed by atoms with Gasteiger partial charge in [0.1, 0.15) is 11.6 Å². The van der Waals surface area contributed by atoms with Crippen molar-refractivity contribution in [2.75, 3.05) is 5.32 Å². The molecule has 2 rings (SSSR count). The van der Waals surface area contributed by atoms with Crippen LogP contribution in [0.25, 0.3) is 0 Å². The second-order valence-corrected chi connectivity index (χ2v) is 4.11. The molecule has 0 saturated carbocycles. The quantitative estimate of drug-likeness (QED) is 0.941. The minimum absolute atomic E-state index is 0.177. The maximum Gasteiger partial charge on any atom is 0.387 e. The molecular weight excluding hydrogens is 285 g/mol. The first-order valence-corrected chi connectivity index (χ1v) is 5.94. The van der Waals surface area contributed by atoms with Crippen molar-refractivity contribution < 1.29 is 22.7 Å². The van der Waals surface area contributed by atoms with Crippen LogP contribution >= 0.6 is 0 Å². The molecule has 1 aromatic heterocycles. The zero-order valence-corrected chi connectivity index (χ0v) is 10.9. The van der Waals surface area contributed by atoms with Crippen molar-refractivity contribution >= 4 is 11.6 Å². The van der Waals surface area contributed by atoms with Crippen LogP contribution in [-0.2, 0) is 0 Å². The van der Waals surface area contributed by atoms with Gasteiger partial charge in [-0.3, -0.25) is 9.78 Å². The highest BCUT2D eigenvalue weighted by Crippen LogP contribution is 2.27. The first kappa shape index (κ1) is 14.8. The number of pyridine rings is 1. The minimum Gasteiger partial charge on any atom is -0.433 e. The number of nitrogens with one attached hydrogen (secondary N) is 1. The van der Waals surface area contributed by atoms with Crippen LogP contribution < -0.4 is 10.1 Å². The summed E-state index contributed by atoms with van der Waals surface area (Å²) in [4.78, 5) is 16.0. The van der Waals surface area contributed by atoms with Gasteiger partial charge in [0.05, 0.1) is 11.3 Å². The van der Waals surface area contributed by atoms with Gasteiger partial charge in [-0.05, 0) is 31.2 Å². The standard InChI is InChI=1S/C14H11F3N2O2/c1-8-10(3-2-6-18-8)13(20)19-11-7-9(15)4-5-12(11)21-14(16)17/h2-7,14H,1H3,(H,19,20). The molecule has 0 aliphatic rings. The Morgan fingerprint density at radius 1 is 1.33 bits per heavy atom. The smallest absolute Gasteiger partial charge is 0.387 e. The number of hydrogen-bond donors (Lipinski definition) is 1. The van der Waals surface area contributed by atoms with E-state index in [4.69, 9.17) is 0 Å². The Bertz CT molecular complexity index is 662. The number of carbonyl (C=O) groups is 1. The lowest BCUT2D eigenvalue weighted by atomic mass is 10.2. The summed E-state index contributed by atoms with van der Waals surface area (Å²) in [5.74, 6) is -1.60. The molecule has 0 aliphatic carbocycles. The molecule has 2 aromatic rings. The number of benzene rings is 1. The van der Waals surface area contributed by atoms with Gasteiger partial charge in [0.2, 0.25) is 0 Å². The van der Waals surface area contributed by atoms with Gasteiger partial charge in [0.25, 0.3) is 5.91 Å². The van der Waals surface area contributed by atoms with Gasteiger partial charge in [-0.2, -0.15) is 8.78 Å². The summed E-state index contributed by atoms with van der Waals surface area (Å²) in [6, 6.07) is 5.96. The highest BCUT2D eigenvalue weighted by atomic mass is 19.3. The lowest BCUT2D eigenvalue weighted by Crippen LogP contribution is -2.15. The first-order chi connectivity index (χ1) is 9.97. The lowest BCUT2D eigenvalue weighted by molar-refractivity contribution is -0.0494. The van der Waals surface area contributed by atoms with E-state index in [0.29, 0.717) is 5.69 Å². The Kier molecular flexibility index (Phi) is 4.42. The number of anilines is 1. The molecule has 21 heavy (non-hydrogen) atoms. The Morgan fingerprint density at radius 3 is 2.76 bits per heavy atom. The van der Waals surface area contributed by atoms with Crippen molar-refractivity contribution in [1.82, 2.24) is 4.98 Å². The van der Waals surface area contributed by atoms with E-state index in [1.54, 1.807) is 13.0 Å². The molecule has 110 valence electrons. The van der Waals surface area contributed by atoms with Gasteiger partial charge in [0.15, 0.2) is 0 Å². The summed E-state index contributed by atoms with van der Waals surface area (Å²) in [7, 11) is 0. The molecule has 4 nitrogen and oxygen atoms in total. The number of aromatic nitrogens is 1. The van der Waals surface area contributed by atoms with Crippen LogP contribution in [0.2, 0.25) is 0 Å². The SMILES string of the molecule is Cc1ncccc1C(=O)Nc1cc(F)ccc1OC(F)F.